The Morgan fingerprint density at radius 2 is 0.600 bits per heavy atom. The summed E-state index contributed by atoms with van der Waals surface area (Å²) in [5.41, 5.74) is 0. The first-order chi connectivity index (χ1) is 0. The molecule has 0 aliphatic heterocycles. The van der Waals surface area contributed by atoms with Gasteiger partial charge in [0.05, 0.1) is 0 Å². The maximum absolute atomic E-state index is 0. The van der Waals surface area contributed by atoms with Crippen LogP contribution in [0.1, 0.15) is 0 Å². The summed E-state index contributed by atoms with van der Waals surface area (Å²) in [7, 11) is 0. The van der Waals surface area contributed by atoms with Gasteiger partial charge in [-0.15, -0.1) is 0 Å². The molecule has 5 heteroatoms. The third kappa shape index (κ3) is 68.6. The van der Waals surface area contributed by atoms with Crippen LogP contribution in [-0.2, 0) is 47.7 Å². The Hall–Kier alpha value is 0.710. The number of hydrogen-bond acceptors (Lipinski definition) is 0. The van der Waals surface area contributed by atoms with Crippen molar-refractivity contribution in [1.82, 2.24) is 0 Å². The normalized spacial score (nSPS) is 0. The molecule has 0 spiro atoms. The van der Waals surface area contributed by atoms with Crippen LogP contribution in [0, 0.1) is 0 Å². The van der Waals surface area contributed by atoms with Crippen LogP contribution in [0.4, 0.5) is 0 Å². The van der Waals surface area contributed by atoms with Crippen LogP contribution in [0.15, 0.2) is 0 Å². The van der Waals surface area contributed by atoms with E-state index in [0.717, 1.165) is 0 Å². The Balaban J connectivity index is 0. The summed E-state index contributed by atoms with van der Waals surface area (Å²) in [5, 5.41) is 0. The van der Waals surface area contributed by atoms with Crippen molar-refractivity contribution < 1.29 is 47.7 Å². The van der Waals surface area contributed by atoms with E-state index in [1.54, 1.807) is 0 Å². The Bertz CT molecular complexity index is 3.61. The fourth-order valence-corrected chi connectivity index (χ4v) is 0. The smallest absolute Gasteiger partial charge is 2.00 e. The average molecular weight is 242 g/mol. The van der Waals surface area contributed by atoms with Crippen molar-refractivity contribution in [1.29, 1.82) is 0 Å². The Morgan fingerprint density at radius 1 is 0.600 bits per heavy atom. The van der Waals surface area contributed by atoms with Crippen molar-refractivity contribution in [2.75, 3.05) is 0 Å². The van der Waals surface area contributed by atoms with Crippen LogP contribution in [0.2, 0.25) is 0 Å². The molecule has 0 aliphatic carbocycles. The molecule has 0 aromatic carbocycles. The molecule has 28 valence electrons. The van der Waals surface area contributed by atoms with E-state index in [1.807, 2.05) is 0 Å². The van der Waals surface area contributed by atoms with Gasteiger partial charge < -0.3 is 16.4 Å². The average Bonchev–Trinajstić information content (AvgIpc) is 0. The molecule has 0 fully saturated rings. The summed E-state index contributed by atoms with van der Waals surface area (Å²) >= 11 is 0. The van der Waals surface area contributed by atoms with Gasteiger partial charge in [-0.1, -0.05) is 0 Å². The second-order valence-corrected chi connectivity index (χ2v) is 0. The fraction of sp³-hybridized carbons (Fsp3) is 0. The van der Waals surface area contributed by atoms with Gasteiger partial charge in [0.1, 0.15) is 0 Å². The third-order valence-corrected chi connectivity index (χ3v) is 0. The predicted molar refractivity (Wildman–Crippen MR) is 2.75 cm³/mol. The SMILES string of the molecule is [Hf+4].[O+2].[O-2].[O-2].[O-2]. The zero-order chi connectivity index (χ0) is 0. The molecule has 0 atom stereocenters. The van der Waals surface area contributed by atoms with Gasteiger partial charge in [0.15, 0.2) is 0 Å². The predicted octanol–water partition coefficient (Wildman–Crippen LogP) is -0.478. The standard InChI is InChI=1S/Hf.4O/q+4;3*-2;+2. The molecule has 0 heterocycles. The van der Waals surface area contributed by atoms with Crippen LogP contribution in [0.3, 0.4) is 0 Å². The molecule has 0 aromatic heterocycles. The first-order valence-corrected chi connectivity index (χ1v) is 0. The molecule has 0 amide bonds. The van der Waals surface area contributed by atoms with E-state index >= 15 is 0 Å². The third-order valence-electron chi connectivity index (χ3n) is 0. The Kier molecular flexibility index (Phi) is 6460. The zero-order valence-corrected chi connectivity index (χ0v) is 5.73. The summed E-state index contributed by atoms with van der Waals surface area (Å²) in [6.07, 6.45) is 0. The first-order valence-electron chi connectivity index (χ1n) is 0. The summed E-state index contributed by atoms with van der Waals surface area (Å²) in [4.78, 5) is 0. The minimum absolute atomic E-state index is 0. The van der Waals surface area contributed by atoms with Gasteiger partial charge >= 0.3 is 31.3 Å². The van der Waals surface area contributed by atoms with Gasteiger partial charge in [-0.05, 0) is 0 Å². The summed E-state index contributed by atoms with van der Waals surface area (Å²) in [6.45, 7) is 0. The number of hydrogen-bond donors (Lipinski definition) is 0. The molecule has 0 unspecified atom stereocenters. The molecular weight excluding hydrogens is 242 g/mol. The molecule has 0 aliphatic rings. The van der Waals surface area contributed by atoms with E-state index in [4.69, 9.17) is 0 Å². The number of rotatable bonds is 0. The Labute approximate surface area is 48.2 Å². The second-order valence-electron chi connectivity index (χ2n) is 0. The van der Waals surface area contributed by atoms with E-state index in [1.165, 1.54) is 0 Å². The van der Waals surface area contributed by atoms with Gasteiger partial charge in [-0.3, -0.25) is 0 Å². The van der Waals surface area contributed by atoms with Gasteiger partial charge in [0.25, 0.3) is 0 Å². The summed E-state index contributed by atoms with van der Waals surface area (Å²) in [6, 6.07) is 0. The van der Waals surface area contributed by atoms with Crippen molar-refractivity contribution in [2.24, 2.45) is 0 Å². The monoisotopic (exact) mass is 244 g/mol. The van der Waals surface area contributed by atoms with Gasteiger partial charge in [0.2, 0.25) is 0 Å². The molecule has 0 aromatic rings. The van der Waals surface area contributed by atoms with Gasteiger partial charge in [-0.2, -0.15) is 0 Å². The van der Waals surface area contributed by atoms with Crippen LogP contribution < -0.4 is 0 Å². The molecule has 0 rings (SSSR count). The van der Waals surface area contributed by atoms with Gasteiger partial charge in [-0.25, -0.2) is 0 Å². The first kappa shape index (κ1) is 251. The molecule has 4 nitrogen and oxygen atoms in total. The fourth-order valence-electron chi connectivity index (χ4n) is 0. The minimum Gasteiger partial charge on any atom is -2.00 e. The largest absolute Gasteiger partial charge is 4.00 e. The van der Waals surface area contributed by atoms with Crippen LogP contribution in [0.5, 0.6) is 0 Å². The van der Waals surface area contributed by atoms with Crippen molar-refractivity contribution in [3.63, 3.8) is 0 Å². The maximum atomic E-state index is 0. The van der Waals surface area contributed by atoms with Crippen molar-refractivity contribution in [2.45, 2.75) is 0 Å². The van der Waals surface area contributed by atoms with Crippen molar-refractivity contribution in [3.8, 4) is 0 Å². The van der Waals surface area contributed by atoms with Crippen LogP contribution >= 0.6 is 0 Å². The molecule has 0 saturated heterocycles. The maximum Gasteiger partial charge on any atom is 4.00 e. The van der Waals surface area contributed by atoms with E-state index in [2.05, 4.69) is 0 Å². The molecule has 0 N–H and O–H groups in total. The van der Waals surface area contributed by atoms with Crippen LogP contribution in [-0.4, -0.2) is 0 Å². The molecule has 0 bridgehead atoms. The van der Waals surface area contributed by atoms with E-state index in [9.17, 15) is 0 Å². The van der Waals surface area contributed by atoms with E-state index < -0.39 is 0 Å². The quantitative estimate of drug-likeness (QED) is 0.511. The molecule has 4 radical (unpaired) electrons. The molecule has 5 heavy (non-hydrogen) atoms. The van der Waals surface area contributed by atoms with E-state index in [0.29, 0.717) is 0 Å². The minimum atomic E-state index is 0. The zero-order valence-electron chi connectivity index (χ0n) is 2.13. The molecule has 0 saturated carbocycles. The molecular formula is HfO4. The van der Waals surface area contributed by atoms with Gasteiger partial charge in [0, 0.05) is 0 Å². The van der Waals surface area contributed by atoms with Crippen molar-refractivity contribution >= 4 is 0 Å². The van der Waals surface area contributed by atoms with Crippen molar-refractivity contribution in [3.05, 3.63) is 0 Å². The Morgan fingerprint density at radius 3 is 0.600 bits per heavy atom. The van der Waals surface area contributed by atoms with E-state index in [-0.39, 0.29) is 47.7 Å². The van der Waals surface area contributed by atoms with Crippen LogP contribution in [0.25, 0.3) is 0 Å². The summed E-state index contributed by atoms with van der Waals surface area (Å²) < 4.78 is 0. The second kappa shape index (κ2) is 129. The summed E-state index contributed by atoms with van der Waals surface area (Å²) in [5.74, 6) is 0. The topological polar surface area (TPSA) is 114 Å².